The molecule has 1 heterocycles. The lowest BCUT2D eigenvalue weighted by atomic mass is 9.99. The standard InChI is InChI=1S/C14H14N2O3/c1-10-7-8-16(14(19)15-10)9-12(13(17)18)11-5-3-2-4-6-11/h2-8,12H,9H2,1H3,(H,17,18). The number of aryl methyl sites for hydroxylation is 1. The summed E-state index contributed by atoms with van der Waals surface area (Å²) in [6.07, 6.45) is 1.57. The second-order valence-corrected chi connectivity index (χ2v) is 4.31. The van der Waals surface area contributed by atoms with Crippen LogP contribution < -0.4 is 5.69 Å². The summed E-state index contributed by atoms with van der Waals surface area (Å²) in [4.78, 5) is 26.8. The molecule has 0 amide bonds. The lowest BCUT2D eigenvalue weighted by molar-refractivity contribution is -0.139. The SMILES string of the molecule is Cc1ccn(CC(C(=O)O)c2ccccc2)c(=O)n1. The van der Waals surface area contributed by atoms with Gasteiger partial charge >= 0.3 is 11.7 Å². The minimum atomic E-state index is -0.960. The van der Waals surface area contributed by atoms with E-state index in [9.17, 15) is 14.7 Å². The number of aliphatic carboxylic acids is 1. The van der Waals surface area contributed by atoms with Gasteiger partial charge in [-0.1, -0.05) is 30.3 Å². The van der Waals surface area contributed by atoms with Gasteiger partial charge in [-0.3, -0.25) is 9.36 Å². The van der Waals surface area contributed by atoms with E-state index >= 15 is 0 Å². The van der Waals surface area contributed by atoms with Crippen molar-refractivity contribution >= 4 is 5.97 Å². The van der Waals surface area contributed by atoms with Gasteiger partial charge < -0.3 is 5.11 Å². The summed E-state index contributed by atoms with van der Waals surface area (Å²) in [7, 11) is 0. The maximum absolute atomic E-state index is 11.7. The molecule has 1 aromatic carbocycles. The van der Waals surface area contributed by atoms with Gasteiger partial charge in [0.1, 0.15) is 0 Å². The van der Waals surface area contributed by atoms with Crippen molar-refractivity contribution < 1.29 is 9.90 Å². The van der Waals surface area contributed by atoms with E-state index in [4.69, 9.17) is 0 Å². The highest BCUT2D eigenvalue weighted by atomic mass is 16.4. The van der Waals surface area contributed by atoms with Gasteiger partial charge in [0.25, 0.3) is 0 Å². The number of benzene rings is 1. The van der Waals surface area contributed by atoms with Gasteiger partial charge in [0.15, 0.2) is 0 Å². The lowest BCUT2D eigenvalue weighted by Gasteiger charge is -2.14. The Morgan fingerprint density at radius 3 is 2.58 bits per heavy atom. The molecule has 0 aliphatic heterocycles. The highest BCUT2D eigenvalue weighted by molar-refractivity contribution is 5.75. The molecule has 1 unspecified atom stereocenters. The summed E-state index contributed by atoms with van der Waals surface area (Å²) < 4.78 is 1.32. The van der Waals surface area contributed by atoms with E-state index in [1.165, 1.54) is 4.57 Å². The van der Waals surface area contributed by atoms with E-state index in [2.05, 4.69) is 4.98 Å². The zero-order valence-electron chi connectivity index (χ0n) is 10.5. The van der Waals surface area contributed by atoms with Gasteiger partial charge in [-0.2, -0.15) is 4.98 Å². The average molecular weight is 258 g/mol. The van der Waals surface area contributed by atoms with Crippen LogP contribution in [0.25, 0.3) is 0 Å². The fourth-order valence-electron chi connectivity index (χ4n) is 1.86. The van der Waals surface area contributed by atoms with Crippen LogP contribution in [0, 0.1) is 6.92 Å². The van der Waals surface area contributed by atoms with E-state index in [0.29, 0.717) is 11.3 Å². The predicted octanol–water partition coefficient (Wildman–Crippen LogP) is 1.42. The molecule has 2 aromatic rings. The van der Waals surface area contributed by atoms with Crippen molar-refractivity contribution in [3.8, 4) is 0 Å². The Bertz CT molecular complexity index is 635. The second kappa shape index (κ2) is 5.48. The Labute approximate surface area is 110 Å². The molecule has 0 aliphatic rings. The van der Waals surface area contributed by atoms with E-state index in [0.717, 1.165) is 0 Å². The molecule has 0 spiro atoms. The van der Waals surface area contributed by atoms with Crippen molar-refractivity contribution in [3.05, 3.63) is 64.3 Å². The predicted molar refractivity (Wildman–Crippen MR) is 70.1 cm³/mol. The van der Waals surface area contributed by atoms with Gasteiger partial charge in [-0.05, 0) is 18.6 Å². The van der Waals surface area contributed by atoms with Crippen LogP contribution >= 0.6 is 0 Å². The van der Waals surface area contributed by atoms with E-state index in [-0.39, 0.29) is 6.54 Å². The fourth-order valence-corrected chi connectivity index (χ4v) is 1.86. The van der Waals surface area contributed by atoms with Gasteiger partial charge in [-0.15, -0.1) is 0 Å². The maximum Gasteiger partial charge on any atom is 0.347 e. The molecule has 1 atom stereocenters. The molecule has 1 aromatic heterocycles. The Morgan fingerprint density at radius 1 is 1.32 bits per heavy atom. The van der Waals surface area contributed by atoms with E-state index < -0.39 is 17.6 Å². The third kappa shape index (κ3) is 3.07. The van der Waals surface area contributed by atoms with Crippen molar-refractivity contribution in [1.29, 1.82) is 0 Å². The molecule has 0 saturated heterocycles. The molecule has 0 aliphatic carbocycles. The highest BCUT2D eigenvalue weighted by Gasteiger charge is 2.20. The number of rotatable bonds is 4. The topological polar surface area (TPSA) is 72.2 Å². The van der Waals surface area contributed by atoms with Gasteiger partial charge in [0, 0.05) is 18.4 Å². The zero-order chi connectivity index (χ0) is 13.8. The summed E-state index contributed by atoms with van der Waals surface area (Å²) in [6.45, 7) is 1.79. The number of nitrogens with zero attached hydrogens (tertiary/aromatic N) is 2. The Hall–Kier alpha value is -2.43. The summed E-state index contributed by atoms with van der Waals surface area (Å²) in [5.74, 6) is -1.72. The summed E-state index contributed by atoms with van der Waals surface area (Å²) >= 11 is 0. The largest absolute Gasteiger partial charge is 0.481 e. The van der Waals surface area contributed by atoms with E-state index in [1.807, 2.05) is 6.07 Å². The summed E-state index contributed by atoms with van der Waals surface area (Å²) in [6, 6.07) is 10.5. The molecule has 98 valence electrons. The monoisotopic (exact) mass is 258 g/mol. The van der Waals surface area contributed by atoms with Crippen LogP contribution in [0.2, 0.25) is 0 Å². The quantitative estimate of drug-likeness (QED) is 0.900. The number of carboxylic acid groups (broad SMARTS) is 1. The number of carbonyl (C=O) groups is 1. The van der Waals surface area contributed by atoms with Crippen LogP contribution in [0.5, 0.6) is 0 Å². The lowest BCUT2D eigenvalue weighted by Crippen LogP contribution is -2.28. The third-order valence-corrected chi connectivity index (χ3v) is 2.89. The van der Waals surface area contributed by atoms with Crippen molar-refractivity contribution in [2.45, 2.75) is 19.4 Å². The van der Waals surface area contributed by atoms with E-state index in [1.54, 1.807) is 43.5 Å². The first-order valence-corrected chi connectivity index (χ1v) is 5.90. The average Bonchev–Trinajstić information content (AvgIpc) is 2.38. The maximum atomic E-state index is 11.7. The van der Waals surface area contributed by atoms with Crippen molar-refractivity contribution in [2.24, 2.45) is 0 Å². The van der Waals surface area contributed by atoms with Gasteiger partial charge in [0.2, 0.25) is 0 Å². The Kier molecular flexibility index (Phi) is 3.75. The fraction of sp³-hybridized carbons (Fsp3) is 0.214. The van der Waals surface area contributed by atoms with Crippen LogP contribution in [0.15, 0.2) is 47.4 Å². The van der Waals surface area contributed by atoms with Gasteiger partial charge in [-0.25, -0.2) is 4.79 Å². The number of carboxylic acids is 1. The van der Waals surface area contributed by atoms with Crippen LogP contribution in [-0.2, 0) is 11.3 Å². The van der Waals surface area contributed by atoms with Crippen LogP contribution in [-0.4, -0.2) is 20.6 Å². The summed E-state index contributed by atoms with van der Waals surface area (Å²) in [5.41, 5.74) is 0.859. The van der Waals surface area contributed by atoms with Crippen molar-refractivity contribution in [2.75, 3.05) is 0 Å². The molecule has 0 saturated carbocycles. The normalized spacial score (nSPS) is 12.1. The van der Waals surface area contributed by atoms with Crippen LogP contribution in [0.1, 0.15) is 17.2 Å². The van der Waals surface area contributed by atoms with Crippen LogP contribution in [0.4, 0.5) is 0 Å². The first-order chi connectivity index (χ1) is 9.08. The second-order valence-electron chi connectivity index (χ2n) is 4.31. The Balaban J connectivity index is 2.32. The third-order valence-electron chi connectivity index (χ3n) is 2.89. The van der Waals surface area contributed by atoms with Crippen molar-refractivity contribution in [3.63, 3.8) is 0 Å². The minimum Gasteiger partial charge on any atom is -0.481 e. The molecule has 2 rings (SSSR count). The number of hydrogen-bond donors (Lipinski definition) is 1. The first kappa shape index (κ1) is 13.0. The van der Waals surface area contributed by atoms with Crippen molar-refractivity contribution in [1.82, 2.24) is 9.55 Å². The molecule has 5 heteroatoms. The molecular weight excluding hydrogens is 244 g/mol. The molecule has 0 bridgehead atoms. The molecule has 1 N–H and O–H groups in total. The molecule has 5 nitrogen and oxygen atoms in total. The Morgan fingerprint density at radius 2 is 2.00 bits per heavy atom. The molecule has 19 heavy (non-hydrogen) atoms. The molecule has 0 radical (unpaired) electrons. The number of aromatic nitrogens is 2. The first-order valence-electron chi connectivity index (χ1n) is 5.90. The highest BCUT2D eigenvalue weighted by Crippen LogP contribution is 2.17. The van der Waals surface area contributed by atoms with Crippen LogP contribution in [0.3, 0.4) is 0 Å². The minimum absolute atomic E-state index is 0.0749. The smallest absolute Gasteiger partial charge is 0.347 e. The molecular formula is C14H14N2O3. The summed E-state index contributed by atoms with van der Waals surface area (Å²) in [5, 5.41) is 9.30. The zero-order valence-corrected chi connectivity index (χ0v) is 10.5. The number of hydrogen-bond acceptors (Lipinski definition) is 3. The molecule has 0 fully saturated rings. The van der Waals surface area contributed by atoms with Gasteiger partial charge in [0.05, 0.1) is 5.92 Å².